The summed E-state index contributed by atoms with van der Waals surface area (Å²) in [6.45, 7) is 11.4. The van der Waals surface area contributed by atoms with E-state index in [2.05, 4.69) is 5.10 Å². The molecule has 2 aliphatic rings. The van der Waals surface area contributed by atoms with Crippen LogP contribution in [0, 0.1) is 12.3 Å². The number of nitrogens with zero attached hydrogens (tertiary/aromatic N) is 3. The highest BCUT2D eigenvalue weighted by molar-refractivity contribution is 5.88. The van der Waals surface area contributed by atoms with Crippen molar-refractivity contribution in [3.05, 3.63) is 41.7 Å². The third-order valence-corrected chi connectivity index (χ3v) is 6.51. The third-order valence-electron chi connectivity index (χ3n) is 6.51. The molecular weight excluding hydrogens is 434 g/mol. The van der Waals surface area contributed by atoms with Crippen LogP contribution < -0.4 is 4.74 Å². The lowest BCUT2D eigenvalue weighted by Gasteiger charge is -2.53. The Bertz CT molecular complexity index is 1040. The van der Waals surface area contributed by atoms with Gasteiger partial charge < -0.3 is 19.1 Å². The van der Waals surface area contributed by atoms with Gasteiger partial charge in [0, 0.05) is 24.7 Å². The molecule has 8 nitrogen and oxygen atoms in total. The number of likely N-dealkylation sites (tertiary alicyclic amines) is 1. The molecular formula is C26H35N3O5. The number of hydrogen-bond acceptors (Lipinski definition) is 6. The van der Waals surface area contributed by atoms with Gasteiger partial charge in [0.2, 0.25) is 0 Å². The van der Waals surface area contributed by atoms with Crippen LogP contribution in [-0.2, 0) is 9.47 Å². The molecule has 1 aromatic heterocycles. The predicted molar refractivity (Wildman–Crippen MR) is 127 cm³/mol. The lowest BCUT2D eigenvalue weighted by atomic mass is 9.68. The zero-order valence-electron chi connectivity index (χ0n) is 20.8. The van der Waals surface area contributed by atoms with Crippen LogP contribution >= 0.6 is 0 Å². The lowest BCUT2D eigenvalue weighted by Crippen LogP contribution is -2.60. The second kappa shape index (κ2) is 9.31. The van der Waals surface area contributed by atoms with E-state index in [1.165, 1.54) is 6.20 Å². The maximum atomic E-state index is 12.2. The molecule has 1 aliphatic heterocycles. The molecule has 184 valence electrons. The first-order valence-corrected chi connectivity index (χ1v) is 12.0. The summed E-state index contributed by atoms with van der Waals surface area (Å²) in [7, 11) is 0. The highest BCUT2D eigenvalue weighted by Crippen LogP contribution is 2.45. The van der Waals surface area contributed by atoms with E-state index < -0.39 is 5.60 Å². The van der Waals surface area contributed by atoms with Crippen LogP contribution in [0.15, 0.2) is 30.6 Å². The average Bonchev–Trinajstić information content (AvgIpc) is 3.22. The van der Waals surface area contributed by atoms with E-state index >= 15 is 0 Å². The van der Waals surface area contributed by atoms with Crippen molar-refractivity contribution in [1.82, 2.24) is 14.7 Å². The van der Waals surface area contributed by atoms with Gasteiger partial charge in [0.05, 0.1) is 30.2 Å². The molecule has 1 amide bonds. The largest absolute Gasteiger partial charge is 0.490 e. The molecule has 0 bridgehead atoms. The summed E-state index contributed by atoms with van der Waals surface area (Å²) in [6.07, 6.45) is 7.22. The Morgan fingerprint density at radius 1 is 1.18 bits per heavy atom. The highest BCUT2D eigenvalue weighted by atomic mass is 16.6. The minimum atomic E-state index is -0.459. The molecule has 1 aromatic carbocycles. The molecule has 4 rings (SSSR count). The first kappa shape index (κ1) is 24.1. The van der Waals surface area contributed by atoms with Crippen molar-refractivity contribution in [3.63, 3.8) is 0 Å². The normalized spacial score (nSPS) is 17.9. The number of aryl methyl sites for hydroxylation is 1. The molecule has 0 atom stereocenters. The molecule has 2 heterocycles. The maximum absolute atomic E-state index is 12.2. The van der Waals surface area contributed by atoms with Crippen LogP contribution in [-0.4, -0.2) is 58.1 Å². The van der Waals surface area contributed by atoms with E-state index in [0.29, 0.717) is 12.2 Å². The molecule has 2 aromatic rings. The molecule has 34 heavy (non-hydrogen) atoms. The van der Waals surface area contributed by atoms with Gasteiger partial charge in [0.15, 0.2) is 0 Å². The molecule has 0 N–H and O–H groups in total. The summed E-state index contributed by atoms with van der Waals surface area (Å²) in [5.74, 6) is 0.464. The van der Waals surface area contributed by atoms with Crippen molar-refractivity contribution >= 4 is 12.1 Å². The summed E-state index contributed by atoms with van der Waals surface area (Å²) < 4.78 is 18.5. The van der Waals surface area contributed by atoms with Crippen molar-refractivity contribution in [2.24, 2.45) is 5.41 Å². The molecule has 0 radical (unpaired) electrons. The molecule has 1 saturated carbocycles. The average molecular weight is 470 g/mol. The number of rotatable bonds is 5. The number of carbonyl (C=O) groups is 2. The summed E-state index contributed by atoms with van der Waals surface area (Å²) in [4.78, 5) is 26.0. The van der Waals surface area contributed by atoms with Gasteiger partial charge in [0.25, 0.3) is 0 Å². The number of esters is 1. The summed E-state index contributed by atoms with van der Waals surface area (Å²) in [5.41, 5.74) is 2.09. The van der Waals surface area contributed by atoms with Crippen LogP contribution in [0.3, 0.4) is 0 Å². The highest BCUT2D eigenvalue weighted by Gasteiger charge is 2.48. The minimum Gasteiger partial charge on any atom is -0.490 e. The van der Waals surface area contributed by atoms with Gasteiger partial charge in [-0.15, -0.1) is 0 Å². The maximum Gasteiger partial charge on any atom is 0.410 e. The van der Waals surface area contributed by atoms with Crippen LogP contribution in [0.1, 0.15) is 69.3 Å². The molecule has 0 unspecified atom stereocenters. The number of ether oxygens (including phenoxy) is 3. The fourth-order valence-electron chi connectivity index (χ4n) is 4.78. The molecule has 1 aliphatic carbocycles. The molecule has 2 fully saturated rings. The van der Waals surface area contributed by atoms with Crippen LogP contribution in [0.4, 0.5) is 4.79 Å². The zero-order chi connectivity index (χ0) is 24.5. The van der Waals surface area contributed by atoms with Gasteiger partial charge in [-0.25, -0.2) is 14.3 Å². The van der Waals surface area contributed by atoms with E-state index in [1.807, 2.05) is 50.8 Å². The van der Waals surface area contributed by atoms with Crippen molar-refractivity contribution < 1.29 is 23.8 Å². The Hall–Kier alpha value is -3.03. The fourth-order valence-corrected chi connectivity index (χ4v) is 4.78. The van der Waals surface area contributed by atoms with E-state index in [4.69, 9.17) is 14.2 Å². The van der Waals surface area contributed by atoms with Crippen LogP contribution in [0.5, 0.6) is 5.75 Å². The fraction of sp³-hybridized carbons (Fsp3) is 0.577. The Balaban J connectivity index is 1.29. The molecule has 1 saturated heterocycles. The third kappa shape index (κ3) is 5.37. The van der Waals surface area contributed by atoms with E-state index in [-0.39, 0.29) is 23.6 Å². The van der Waals surface area contributed by atoms with E-state index in [1.54, 1.807) is 17.8 Å². The smallest absolute Gasteiger partial charge is 0.410 e. The number of amides is 1. The Labute approximate surface area is 201 Å². The van der Waals surface area contributed by atoms with Crippen molar-refractivity contribution in [3.8, 4) is 11.4 Å². The van der Waals surface area contributed by atoms with Crippen molar-refractivity contribution in [2.45, 2.75) is 72.0 Å². The predicted octanol–water partition coefficient (Wildman–Crippen LogP) is 4.92. The quantitative estimate of drug-likeness (QED) is 0.578. The van der Waals surface area contributed by atoms with E-state index in [0.717, 1.165) is 55.8 Å². The van der Waals surface area contributed by atoms with Gasteiger partial charge in [-0.1, -0.05) is 0 Å². The number of carbonyl (C=O) groups excluding carboxylic acids is 2. The SMILES string of the molecule is CCOC(=O)c1cnn(-c2ccc(OC3CCC4(CC3)CN(C(=O)OC(C)(C)C)C4)cc2C)c1. The second-order valence-corrected chi connectivity index (χ2v) is 10.5. The van der Waals surface area contributed by atoms with Crippen LogP contribution in [0.25, 0.3) is 5.69 Å². The molecule has 8 heteroatoms. The number of benzene rings is 1. The van der Waals surface area contributed by atoms with Gasteiger partial charge in [-0.2, -0.15) is 5.10 Å². The summed E-state index contributed by atoms with van der Waals surface area (Å²) >= 11 is 0. The first-order valence-electron chi connectivity index (χ1n) is 12.0. The number of aromatic nitrogens is 2. The minimum absolute atomic E-state index is 0.173. The molecule has 1 spiro atoms. The summed E-state index contributed by atoms with van der Waals surface area (Å²) in [5, 5.41) is 4.30. The van der Waals surface area contributed by atoms with E-state index in [9.17, 15) is 9.59 Å². The lowest BCUT2D eigenvalue weighted by molar-refractivity contribution is -0.0607. The summed E-state index contributed by atoms with van der Waals surface area (Å²) in [6, 6.07) is 5.92. The zero-order valence-corrected chi connectivity index (χ0v) is 20.8. The van der Waals surface area contributed by atoms with Gasteiger partial charge in [-0.3, -0.25) is 0 Å². The van der Waals surface area contributed by atoms with Gasteiger partial charge in [0.1, 0.15) is 11.4 Å². The van der Waals surface area contributed by atoms with Crippen molar-refractivity contribution in [1.29, 1.82) is 0 Å². The first-order chi connectivity index (χ1) is 16.1. The monoisotopic (exact) mass is 469 g/mol. The Kier molecular flexibility index (Phi) is 6.60. The van der Waals surface area contributed by atoms with Crippen molar-refractivity contribution in [2.75, 3.05) is 19.7 Å². The van der Waals surface area contributed by atoms with Crippen LogP contribution in [0.2, 0.25) is 0 Å². The standard InChI is InChI=1S/C26H35N3O5/c1-6-32-23(30)19-14-27-29(15-19)22-8-7-21(13-18(22)2)33-20-9-11-26(12-10-20)16-28(17-26)24(31)34-25(3,4)5/h7-8,13-15,20H,6,9-12,16-17H2,1-5H3. The van der Waals surface area contributed by atoms with Gasteiger partial charge >= 0.3 is 12.1 Å². The topological polar surface area (TPSA) is 82.9 Å². The Morgan fingerprint density at radius 2 is 1.88 bits per heavy atom. The second-order valence-electron chi connectivity index (χ2n) is 10.5. The number of hydrogen-bond donors (Lipinski definition) is 0. The Morgan fingerprint density at radius 3 is 2.50 bits per heavy atom. The van der Waals surface area contributed by atoms with Gasteiger partial charge in [-0.05, 0) is 84.1 Å².